The minimum absolute atomic E-state index is 0.169. The maximum absolute atomic E-state index is 12.6. The maximum atomic E-state index is 12.6. The van der Waals surface area contributed by atoms with Gasteiger partial charge in [-0.05, 0) is 73.2 Å². The van der Waals surface area contributed by atoms with Gasteiger partial charge < -0.3 is 20.1 Å². The summed E-state index contributed by atoms with van der Waals surface area (Å²) >= 11 is 6.03. The van der Waals surface area contributed by atoms with Crippen LogP contribution in [0.4, 0.5) is 0 Å². The second-order valence-electron chi connectivity index (χ2n) is 11.4. The van der Waals surface area contributed by atoms with Gasteiger partial charge in [0.25, 0.3) is 5.91 Å². The zero-order valence-electron chi connectivity index (χ0n) is 22.8. The number of rotatable bonds is 11. The second-order valence-corrected chi connectivity index (χ2v) is 11.8. The number of aromatic nitrogens is 1. The van der Waals surface area contributed by atoms with E-state index < -0.39 is 11.5 Å². The van der Waals surface area contributed by atoms with Crippen molar-refractivity contribution in [1.82, 2.24) is 4.98 Å². The lowest BCUT2D eigenvalue weighted by atomic mass is 9.71. The molecule has 1 heterocycles. The fourth-order valence-electron chi connectivity index (χ4n) is 5.98. The van der Waals surface area contributed by atoms with Crippen LogP contribution in [-0.4, -0.2) is 59.4 Å². The van der Waals surface area contributed by atoms with Crippen LogP contribution in [0.25, 0.3) is 10.8 Å². The number of carbonyl (C=O) groups excluding carboxylic acids is 1. The van der Waals surface area contributed by atoms with E-state index in [2.05, 4.69) is 19.1 Å². The van der Waals surface area contributed by atoms with Crippen molar-refractivity contribution in [2.75, 3.05) is 27.2 Å². The lowest BCUT2D eigenvalue weighted by Crippen LogP contribution is -2.68. The predicted octanol–water partition coefficient (Wildman–Crippen LogP) is 5.31. The van der Waals surface area contributed by atoms with Crippen molar-refractivity contribution in [3.63, 3.8) is 0 Å². The molecule has 1 aromatic heterocycles. The summed E-state index contributed by atoms with van der Waals surface area (Å²) in [6, 6.07) is 17.7. The lowest BCUT2D eigenvalue weighted by molar-refractivity contribution is -0.922. The number of halogens is 1. The van der Waals surface area contributed by atoms with E-state index in [1.807, 2.05) is 56.6 Å². The van der Waals surface area contributed by atoms with E-state index in [0.29, 0.717) is 41.4 Å². The number of unbranched alkanes of at least 4 members (excludes halogenated alkanes) is 1. The predicted molar refractivity (Wildman–Crippen MR) is 153 cm³/mol. The molecular formula is C31H41ClN3O3+. The molecule has 1 aliphatic carbocycles. The molecule has 7 heteroatoms. The SMILES string of the molecule is CCCCc1cc2ccccc2c(OCC[N+](C)(C)[C@H]2CCC(Cc3ccc(Cl)cc3)C[C@@]2(O)C(N)=O)n1. The van der Waals surface area contributed by atoms with E-state index in [1.54, 1.807) is 0 Å². The number of primary amides is 1. The monoisotopic (exact) mass is 538 g/mol. The van der Waals surface area contributed by atoms with Gasteiger partial charge in [0.15, 0.2) is 5.60 Å². The Morgan fingerprint density at radius 3 is 2.63 bits per heavy atom. The Labute approximate surface area is 231 Å². The average Bonchev–Trinajstić information content (AvgIpc) is 2.88. The quantitative estimate of drug-likeness (QED) is 0.324. The van der Waals surface area contributed by atoms with Gasteiger partial charge in [0.2, 0.25) is 5.88 Å². The van der Waals surface area contributed by atoms with Gasteiger partial charge >= 0.3 is 0 Å². The standard InChI is InChI=1S/C31H40ClN3O3/c1-4-5-9-26-20-24-8-6-7-10-27(24)29(34-26)38-18-17-35(2,3)28-16-13-23(21-31(28,37)30(33)36)19-22-11-14-25(32)15-12-22/h6-8,10-12,14-15,20,23,28,37H,4-5,9,13,16-19,21H2,1-3H3,(H-,33,36)/p+1/t23?,28-,31-/m0/s1. The molecule has 3 aromatic rings. The Morgan fingerprint density at radius 2 is 1.92 bits per heavy atom. The summed E-state index contributed by atoms with van der Waals surface area (Å²) in [4.78, 5) is 17.5. The smallest absolute Gasteiger partial charge is 0.255 e. The van der Waals surface area contributed by atoms with Gasteiger partial charge in [0.05, 0.1) is 14.1 Å². The van der Waals surface area contributed by atoms with E-state index in [1.165, 1.54) is 0 Å². The number of nitrogens with zero attached hydrogens (tertiary/aromatic N) is 2. The van der Waals surface area contributed by atoms with Crippen LogP contribution in [0.3, 0.4) is 0 Å². The summed E-state index contributed by atoms with van der Waals surface area (Å²) < 4.78 is 6.70. The average molecular weight is 539 g/mol. The molecule has 3 N–H and O–H groups in total. The molecule has 1 saturated carbocycles. The molecule has 1 fully saturated rings. The molecule has 0 aliphatic heterocycles. The first-order chi connectivity index (χ1) is 18.1. The van der Waals surface area contributed by atoms with Crippen molar-refractivity contribution < 1.29 is 19.1 Å². The van der Waals surface area contributed by atoms with Gasteiger partial charge in [0.1, 0.15) is 19.2 Å². The summed E-state index contributed by atoms with van der Waals surface area (Å²) in [5.74, 6) is 0.167. The molecule has 1 amide bonds. The van der Waals surface area contributed by atoms with E-state index in [4.69, 9.17) is 27.1 Å². The summed E-state index contributed by atoms with van der Waals surface area (Å²) in [7, 11) is 4.09. The number of aryl methyl sites for hydroxylation is 1. The van der Waals surface area contributed by atoms with Gasteiger partial charge in [-0.25, -0.2) is 4.98 Å². The fourth-order valence-corrected chi connectivity index (χ4v) is 6.11. The van der Waals surface area contributed by atoms with Crippen molar-refractivity contribution in [3.05, 3.63) is 70.9 Å². The van der Waals surface area contributed by atoms with Gasteiger partial charge in [-0.2, -0.15) is 0 Å². The first-order valence-corrected chi connectivity index (χ1v) is 14.1. The number of hydrogen-bond acceptors (Lipinski definition) is 4. The molecule has 3 atom stereocenters. The third-order valence-corrected chi connectivity index (χ3v) is 8.41. The Morgan fingerprint density at radius 1 is 1.18 bits per heavy atom. The molecular weight excluding hydrogens is 498 g/mol. The summed E-state index contributed by atoms with van der Waals surface area (Å²) in [5, 5.41) is 14.5. The highest BCUT2D eigenvalue weighted by Gasteiger charge is 2.54. The minimum atomic E-state index is -1.58. The number of benzene rings is 2. The van der Waals surface area contributed by atoms with Gasteiger partial charge in [-0.1, -0.05) is 55.3 Å². The number of aliphatic hydroxyl groups is 1. The third kappa shape index (κ3) is 6.48. The van der Waals surface area contributed by atoms with Gasteiger partial charge in [0, 0.05) is 22.5 Å². The Hall–Kier alpha value is -2.67. The third-order valence-electron chi connectivity index (χ3n) is 8.16. The number of amides is 1. The minimum Gasteiger partial charge on any atom is -0.471 e. The Kier molecular flexibility index (Phi) is 8.96. The number of fused-ring (bicyclic) bond motifs is 1. The largest absolute Gasteiger partial charge is 0.471 e. The number of hydrogen-bond donors (Lipinski definition) is 2. The number of likely N-dealkylation sites (N-methyl/N-ethyl adjacent to an activating group) is 1. The summed E-state index contributed by atoms with van der Waals surface area (Å²) in [5.41, 5.74) is 6.45. The highest BCUT2D eigenvalue weighted by molar-refractivity contribution is 6.30. The van der Waals surface area contributed by atoms with Crippen molar-refractivity contribution in [1.29, 1.82) is 0 Å². The number of nitrogens with two attached hydrogens (primary N) is 1. The van der Waals surface area contributed by atoms with E-state index >= 15 is 0 Å². The molecule has 0 saturated heterocycles. The number of quaternary nitrogens is 1. The zero-order valence-corrected chi connectivity index (χ0v) is 23.6. The molecule has 0 spiro atoms. The molecule has 0 radical (unpaired) electrons. The number of carbonyl (C=O) groups is 1. The van der Waals surface area contributed by atoms with Crippen LogP contribution in [0, 0.1) is 5.92 Å². The van der Waals surface area contributed by atoms with Crippen LogP contribution < -0.4 is 10.5 Å². The molecule has 2 aromatic carbocycles. The van der Waals surface area contributed by atoms with Crippen LogP contribution in [0.5, 0.6) is 5.88 Å². The Balaban J connectivity index is 1.45. The Bertz CT molecular complexity index is 1250. The lowest BCUT2D eigenvalue weighted by Gasteiger charge is -2.49. The van der Waals surface area contributed by atoms with Gasteiger partial charge in [-0.3, -0.25) is 4.79 Å². The second kappa shape index (κ2) is 12.0. The van der Waals surface area contributed by atoms with Crippen LogP contribution in [0.15, 0.2) is 54.6 Å². The molecule has 6 nitrogen and oxygen atoms in total. The van der Waals surface area contributed by atoms with E-state index in [0.717, 1.165) is 54.1 Å². The fraction of sp³-hybridized carbons (Fsp3) is 0.484. The van der Waals surface area contributed by atoms with E-state index in [-0.39, 0.29) is 12.0 Å². The first-order valence-electron chi connectivity index (χ1n) is 13.7. The molecule has 38 heavy (non-hydrogen) atoms. The molecule has 0 bridgehead atoms. The highest BCUT2D eigenvalue weighted by Crippen LogP contribution is 2.39. The summed E-state index contributed by atoms with van der Waals surface area (Å²) in [6.45, 7) is 3.20. The first kappa shape index (κ1) is 28.3. The molecule has 204 valence electrons. The zero-order chi connectivity index (χ0) is 27.3. The van der Waals surface area contributed by atoms with E-state index in [9.17, 15) is 9.90 Å². The summed E-state index contributed by atoms with van der Waals surface area (Å²) in [6.07, 6.45) is 5.87. The number of ether oxygens (including phenoxy) is 1. The topological polar surface area (TPSA) is 85.4 Å². The van der Waals surface area contributed by atoms with Crippen LogP contribution >= 0.6 is 11.6 Å². The van der Waals surface area contributed by atoms with Crippen LogP contribution in [0.1, 0.15) is 50.3 Å². The van der Waals surface area contributed by atoms with Crippen molar-refractivity contribution in [2.45, 2.75) is 63.5 Å². The highest BCUT2D eigenvalue weighted by atomic mass is 35.5. The van der Waals surface area contributed by atoms with Crippen LogP contribution in [-0.2, 0) is 17.6 Å². The molecule has 4 rings (SSSR count). The number of pyridine rings is 1. The van der Waals surface area contributed by atoms with Crippen molar-refractivity contribution in [3.8, 4) is 5.88 Å². The van der Waals surface area contributed by atoms with Crippen LogP contribution in [0.2, 0.25) is 5.02 Å². The van der Waals surface area contributed by atoms with Crippen molar-refractivity contribution in [2.24, 2.45) is 11.7 Å². The van der Waals surface area contributed by atoms with Gasteiger partial charge in [-0.15, -0.1) is 0 Å². The normalized spacial score (nSPS) is 21.9. The molecule has 1 aliphatic rings. The van der Waals surface area contributed by atoms with Crippen molar-refractivity contribution >= 4 is 28.3 Å². The maximum Gasteiger partial charge on any atom is 0.255 e. The molecule has 1 unspecified atom stereocenters.